The second-order valence-electron chi connectivity index (χ2n) is 5.73. The molecule has 1 heterocycles. The number of amides is 1. The van der Waals surface area contributed by atoms with Crippen molar-refractivity contribution in [2.45, 2.75) is 13.5 Å². The van der Waals surface area contributed by atoms with Crippen molar-refractivity contribution >= 4 is 45.0 Å². The molecule has 5 nitrogen and oxygen atoms in total. The fourth-order valence-corrected chi connectivity index (χ4v) is 3.94. The molecular weight excluding hydrogens is 403 g/mol. The molecule has 0 bridgehead atoms. The van der Waals surface area contributed by atoms with Gasteiger partial charge in [0.05, 0.1) is 33.0 Å². The number of halogens is 2. The Hall–Kier alpha value is -2.77. The maximum absolute atomic E-state index is 13.2. The molecule has 0 radical (unpaired) electrons. The van der Waals surface area contributed by atoms with E-state index in [2.05, 4.69) is 11.6 Å². The lowest BCUT2D eigenvalue weighted by molar-refractivity contribution is 0.0526. The van der Waals surface area contributed by atoms with Crippen molar-refractivity contribution in [1.82, 2.24) is 4.57 Å². The average Bonchev–Trinajstić information content (AvgIpc) is 2.98. The quantitative estimate of drug-likeness (QED) is 0.449. The number of nitrogens with zero attached hydrogens (tertiary/aromatic N) is 2. The first-order valence-corrected chi connectivity index (χ1v) is 9.59. The minimum absolute atomic E-state index is 0.00488. The van der Waals surface area contributed by atoms with Gasteiger partial charge in [-0.3, -0.25) is 4.79 Å². The Labute approximate surface area is 169 Å². The first kappa shape index (κ1) is 20.0. The highest BCUT2D eigenvalue weighted by Gasteiger charge is 2.14. The van der Waals surface area contributed by atoms with Crippen LogP contribution in [0, 0.1) is 5.82 Å². The molecule has 0 aliphatic rings. The highest BCUT2D eigenvalue weighted by molar-refractivity contribution is 7.16. The van der Waals surface area contributed by atoms with Crippen LogP contribution < -0.4 is 4.80 Å². The summed E-state index contributed by atoms with van der Waals surface area (Å²) in [6.07, 6.45) is 1.68. The van der Waals surface area contributed by atoms with Gasteiger partial charge in [0.25, 0.3) is 5.91 Å². The van der Waals surface area contributed by atoms with Crippen molar-refractivity contribution in [3.8, 4) is 0 Å². The van der Waals surface area contributed by atoms with E-state index in [1.54, 1.807) is 35.8 Å². The van der Waals surface area contributed by atoms with Gasteiger partial charge in [-0.25, -0.2) is 9.18 Å². The number of allylic oxidation sites excluding steroid dienone is 1. The van der Waals surface area contributed by atoms with Crippen LogP contribution in [0.25, 0.3) is 10.2 Å². The van der Waals surface area contributed by atoms with Gasteiger partial charge in [0.1, 0.15) is 5.82 Å². The summed E-state index contributed by atoms with van der Waals surface area (Å²) in [7, 11) is 0. The molecule has 0 unspecified atom stereocenters. The second kappa shape index (κ2) is 8.50. The molecule has 3 aromatic rings. The summed E-state index contributed by atoms with van der Waals surface area (Å²) >= 11 is 7.21. The molecule has 3 rings (SSSR count). The molecule has 0 N–H and O–H groups in total. The number of esters is 1. The minimum Gasteiger partial charge on any atom is -0.462 e. The van der Waals surface area contributed by atoms with Crippen molar-refractivity contribution in [2.75, 3.05) is 6.61 Å². The van der Waals surface area contributed by atoms with Gasteiger partial charge in [-0.2, -0.15) is 4.99 Å². The van der Waals surface area contributed by atoms with E-state index in [0.717, 1.165) is 22.3 Å². The Morgan fingerprint density at radius 1 is 1.32 bits per heavy atom. The number of carbonyl (C=O) groups excluding carboxylic acids is 2. The van der Waals surface area contributed by atoms with E-state index >= 15 is 0 Å². The van der Waals surface area contributed by atoms with Crippen LogP contribution in [0.15, 0.2) is 54.0 Å². The maximum atomic E-state index is 13.2. The van der Waals surface area contributed by atoms with Crippen molar-refractivity contribution < 1.29 is 18.7 Å². The zero-order valence-electron chi connectivity index (χ0n) is 14.9. The molecule has 0 aliphatic heterocycles. The summed E-state index contributed by atoms with van der Waals surface area (Å²) in [6, 6.07) is 8.66. The van der Waals surface area contributed by atoms with Gasteiger partial charge in [0, 0.05) is 6.54 Å². The molecule has 0 saturated carbocycles. The van der Waals surface area contributed by atoms with Gasteiger partial charge in [-0.15, -0.1) is 6.58 Å². The Morgan fingerprint density at radius 2 is 2.11 bits per heavy atom. The van der Waals surface area contributed by atoms with Crippen molar-refractivity contribution in [1.29, 1.82) is 0 Å². The molecule has 0 atom stereocenters. The van der Waals surface area contributed by atoms with E-state index in [1.807, 2.05) is 0 Å². The van der Waals surface area contributed by atoms with Crippen LogP contribution in [0.1, 0.15) is 27.6 Å². The van der Waals surface area contributed by atoms with Crippen molar-refractivity contribution in [3.63, 3.8) is 0 Å². The molecule has 28 heavy (non-hydrogen) atoms. The van der Waals surface area contributed by atoms with Crippen LogP contribution in [0.3, 0.4) is 0 Å². The maximum Gasteiger partial charge on any atom is 0.338 e. The van der Waals surface area contributed by atoms with Gasteiger partial charge in [-0.1, -0.05) is 29.0 Å². The van der Waals surface area contributed by atoms with Gasteiger partial charge in [-0.05, 0) is 43.3 Å². The lowest BCUT2D eigenvalue weighted by Crippen LogP contribution is -2.16. The van der Waals surface area contributed by atoms with Crippen LogP contribution in [-0.2, 0) is 11.3 Å². The Balaban J connectivity index is 2.11. The molecular formula is C20H16ClFN2O3S. The van der Waals surface area contributed by atoms with Crippen LogP contribution in [-0.4, -0.2) is 23.1 Å². The highest BCUT2D eigenvalue weighted by atomic mass is 35.5. The molecule has 0 aliphatic carbocycles. The molecule has 1 aromatic heterocycles. The summed E-state index contributed by atoms with van der Waals surface area (Å²) in [5, 5.41) is -0.00488. The third-order valence-electron chi connectivity index (χ3n) is 3.86. The Kier molecular flexibility index (Phi) is 6.06. The topological polar surface area (TPSA) is 60.7 Å². The number of ether oxygens (including phenoxy) is 1. The zero-order chi connectivity index (χ0) is 20.3. The summed E-state index contributed by atoms with van der Waals surface area (Å²) < 4.78 is 20.8. The number of thiazole rings is 1. The molecule has 1 amide bonds. The largest absolute Gasteiger partial charge is 0.462 e. The van der Waals surface area contributed by atoms with Crippen LogP contribution >= 0.6 is 22.9 Å². The predicted octanol–water partition coefficient (Wildman–Crippen LogP) is 4.60. The zero-order valence-corrected chi connectivity index (χ0v) is 16.5. The first-order chi connectivity index (χ1) is 13.4. The van der Waals surface area contributed by atoms with Gasteiger partial charge in [0.15, 0.2) is 4.80 Å². The standard InChI is InChI=1S/C20H16ClFN2O3S/c1-3-9-24-16-8-5-12(19(26)27-4-2)10-17(16)28-20(24)23-18(25)14-7-6-13(22)11-15(14)21/h3,5-8,10-11H,1,4,9H2,2H3. The first-order valence-electron chi connectivity index (χ1n) is 8.40. The molecule has 0 saturated heterocycles. The molecule has 8 heteroatoms. The van der Waals surface area contributed by atoms with Gasteiger partial charge < -0.3 is 9.30 Å². The molecule has 0 spiro atoms. The second-order valence-corrected chi connectivity index (χ2v) is 7.14. The summed E-state index contributed by atoms with van der Waals surface area (Å²) in [6.45, 7) is 6.18. The smallest absolute Gasteiger partial charge is 0.338 e. The summed E-state index contributed by atoms with van der Waals surface area (Å²) in [4.78, 5) is 29.1. The van der Waals surface area contributed by atoms with E-state index in [9.17, 15) is 14.0 Å². The summed E-state index contributed by atoms with van der Waals surface area (Å²) in [5.74, 6) is -1.53. The predicted molar refractivity (Wildman–Crippen MR) is 107 cm³/mol. The number of rotatable bonds is 5. The molecule has 0 fully saturated rings. The van der Waals surface area contributed by atoms with Crippen LogP contribution in [0.4, 0.5) is 4.39 Å². The van der Waals surface area contributed by atoms with E-state index in [0.29, 0.717) is 16.9 Å². The van der Waals surface area contributed by atoms with Crippen molar-refractivity contribution in [3.05, 3.63) is 75.8 Å². The number of fused-ring (bicyclic) bond motifs is 1. The third kappa shape index (κ3) is 4.05. The SMILES string of the molecule is C=CCn1c(=NC(=O)c2ccc(F)cc2Cl)sc2cc(C(=O)OCC)ccc21. The molecule has 2 aromatic carbocycles. The van der Waals surface area contributed by atoms with Crippen molar-refractivity contribution in [2.24, 2.45) is 4.99 Å². The lowest BCUT2D eigenvalue weighted by Gasteiger charge is -2.03. The number of carbonyl (C=O) groups is 2. The normalized spacial score (nSPS) is 11.6. The molecule has 144 valence electrons. The fourth-order valence-electron chi connectivity index (χ4n) is 2.62. The number of hydrogen-bond donors (Lipinski definition) is 0. The minimum atomic E-state index is -0.583. The summed E-state index contributed by atoms with van der Waals surface area (Å²) in [5.41, 5.74) is 1.33. The highest BCUT2D eigenvalue weighted by Crippen LogP contribution is 2.21. The third-order valence-corrected chi connectivity index (χ3v) is 5.22. The number of benzene rings is 2. The van der Waals surface area contributed by atoms with E-state index < -0.39 is 17.7 Å². The van der Waals surface area contributed by atoms with Gasteiger partial charge in [0.2, 0.25) is 0 Å². The van der Waals surface area contributed by atoms with E-state index in [-0.39, 0.29) is 17.2 Å². The fraction of sp³-hybridized carbons (Fsp3) is 0.150. The van der Waals surface area contributed by atoms with E-state index in [1.165, 1.54) is 17.4 Å². The van der Waals surface area contributed by atoms with Gasteiger partial charge >= 0.3 is 5.97 Å². The number of hydrogen-bond acceptors (Lipinski definition) is 4. The Bertz CT molecular complexity index is 1150. The van der Waals surface area contributed by atoms with Crippen LogP contribution in [0.2, 0.25) is 5.02 Å². The lowest BCUT2D eigenvalue weighted by atomic mass is 10.2. The Morgan fingerprint density at radius 3 is 2.79 bits per heavy atom. The van der Waals surface area contributed by atoms with Crippen LogP contribution in [0.5, 0.6) is 0 Å². The van der Waals surface area contributed by atoms with E-state index in [4.69, 9.17) is 16.3 Å². The monoisotopic (exact) mass is 418 g/mol. The average molecular weight is 419 g/mol. The number of aromatic nitrogens is 1.